The first-order valence-electron chi connectivity index (χ1n) is 6.52. The highest BCUT2D eigenvalue weighted by molar-refractivity contribution is 9.10. The van der Waals surface area contributed by atoms with E-state index in [1.54, 1.807) is 0 Å². The van der Waals surface area contributed by atoms with Crippen molar-refractivity contribution in [2.24, 2.45) is 21.9 Å². The van der Waals surface area contributed by atoms with E-state index in [1.807, 2.05) is 0 Å². The predicted molar refractivity (Wildman–Crippen MR) is 85.2 cm³/mol. The van der Waals surface area contributed by atoms with Gasteiger partial charge in [-0.05, 0) is 45.0 Å². The fourth-order valence-electron chi connectivity index (χ4n) is 2.83. The van der Waals surface area contributed by atoms with Gasteiger partial charge in [-0.3, -0.25) is 4.79 Å². The van der Waals surface area contributed by atoms with Crippen molar-refractivity contribution in [1.29, 1.82) is 0 Å². The quantitative estimate of drug-likeness (QED) is 0.851. The Balaban J connectivity index is 2.21. The van der Waals surface area contributed by atoms with E-state index in [0.29, 0.717) is 10.2 Å². The van der Waals surface area contributed by atoms with E-state index in [-0.39, 0.29) is 27.6 Å². The lowest BCUT2D eigenvalue weighted by atomic mass is 10.0. The molecule has 2 rings (SSSR count). The molecule has 116 valence electrons. The molecule has 5 nitrogen and oxygen atoms in total. The lowest BCUT2D eigenvalue weighted by molar-refractivity contribution is -0.118. The number of nitrogens with one attached hydrogen (secondary N) is 1. The molecule has 0 radical (unpaired) electrons. The van der Waals surface area contributed by atoms with Gasteiger partial charge in [0.15, 0.2) is 0 Å². The molecule has 1 aromatic carbocycles. The molecule has 1 aliphatic rings. The van der Waals surface area contributed by atoms with Crippen molar-refractivity contribution < 1.29 is 13.2 Å². The monoisotopic (exact) mass is 374 g/mol. The van der Waals surface area contributed by atoms with Crippen LogP contribution < -0.4 is 10.5 Å². The van der Waals surface area contributed by atoms with E-state index in [4.69, 9.17) is 5.14 Å². The minimum atomic E-state index is -3.75. The Morgan fingerprint density at radius 2 is 1.76 bits per heavy atom. The number of benzene rings is 1. The summed E-state index contributed by atoms with van der Waals surface area (Å²) in [6.07, 6.45) is 0. The number of carbonyl (C=O) groups is 1. The van der Waals surface area contributed by atoms with Crippen LogP contribution in [0.4, 0.5) is 5.69 Å². The van der Waals surface area contributed by atoms with Gasteiger partial charge < -0.3 is 5.32 Å². The van der Waals surface area contributed by atoms with Crippen LogP contribution in [0.15, 0.2) is 27.6 Å². The van der Waals surface area contributed by atoms with Gasteiger partial charge in [0.05, 0.1) is 10.6 Å². The summed E-state index contributed by atoms with van der Waals surface area (Å²) >= 11 is 3.26. The van der Waals surface area contributed by atoms with Gasteiger partial charge in [-0.25, -0.2) is 13.6 Å². The van der Waals surface area contributed by atoms with E-state index in [9.17, 15) is 13.2 Å². The number of primary sulfonamides is 1. The van der Waals surface area contributed by atoms with Crippen LogP contribution in [0.5, 0.6) is 0 Å². The Morgan fingerprint density at radius 1 is 1.24 bits per heavy atom. The molecular weight excluding hydrogens is 356 g/mol. The maximum atomic E-state index is 12.4. The molecular formula is C14H19BrN2O3S. The van der Waals surface area contributed by atoms with Crippen LogP contribution in [0.25, 0.3) is 0 Å². The van der Waals surface area contributed by atoms with E-state index >= 15 is 0 Å². The summed E-state index contributed by atoms with van der Waals surface area (Å²) in [4.78, 5) is 12.4. The molecule has 0 spiro atoms. The number of anilines is 1. The summed E-state index contributed by atoms with van der Waals surface area (Å²) < 4.78 is 23.0. The highest BCUT2D eigenvalue weighted by Gasteiger charge is 2.68. The van der Waals surface area contributed by atoms with Crippen LogP contribution in [0.2, 0.25) is 0 Å². The first-order valence-corrected chi connectivity index (χ1v) is 8.86. The zero-order chi connectivity index (χ0) is 16.2. The van der Waals surface area contributed by atoms with Crippen LogP contribution in [-0.4, -0.2) is 14.3 Å². The van der Waals surface area contributed by atoms with Gasteiger partial charge in [0, 0.05) is 10.4 Å². The molecule has 1 saturated carbocycles. The minimum Gasteiger partial charge on any atom is -0.325 e. The molecule has 0 saturated heterocycles. The molecule has 1 amide bonds. The van der Waals surface area contributed by atoms with E-state index in [1.165, 1.54) is 18.2 Å². The third-order valence-electron chi connectivity index (χ3n) is 4.81. The second-order valence-corrected chi connectivity index (χ2v) is 8.97. The van der Waals surface area contributed by atoms with Crippen molar-refractivity contribution in [3.63, 3.8) is 0 Å². The highest BCUT2D eigenvalue weighted by Crippen LogP contribution is 2.68. The van der Waals surface area contributed by atoms with Crippen LogP contribution in [0.3, 0.4) is 0 Å². The second-order valence-electron chi connectivity index (χ2n) is 6.55. The molecule has 0 heterocycles. The summed E-state index contributed by atoms with van der Waals surface area (Å²) in [7, 11) is -3.75. The maximum absolute atomic E-state index is 12.4. The molecule has 0 aromatic heterocycles. The van der Waals surface area contributed by atoms with Crippen molar-refractivity contribution in [2.75, 3.05) is 5.32 Å². The average Bonchev–Trinajstić information content (AvgIpc) is 2.70. The topological polar surface area (TPSA) is 89.3 Å². The molecule has 0 atom stereocenters. The minimum absolute atomic E-state index is 0.000504. The summed E-state index contributed by atoms with van der Waals surface area (Å²) in [5.74, 6) is -0.135. The van der Waals surface area contributed by atoms with Crippen LogP contribution in [-0.2, 0) is 14.8 Å². The zero-order valence-electron chi connectivity index (χ0n) is 12.4. The molecule has 0 bridgehead atoms. The number of amides is 1. The molecule has 0 unspecified atom stereocenters. The molecule has 1 aromatic rings. The predicted octanol–water partition coefficient (Wildman–Crippen LogP) is 2.72. The average molecular weight is 375 g/mol. The number of carbonyl (C=O) groups excluding carboxylic acids is 1. The van der Waals surface area contributed by atoms with E-state index in [2.05, 4.69) is 48.9 Å². The molecule has 1 fully saturated rings. The van der Waals surface area contributed by atoms with Gasteiger partial charge in [0.2, 0.25) is 15.9 Å². The molecule has 3 N–H and O–H groups in total. The number of nitrogens with two attached hydrogens (primary N) is 1. The van der Waals surface area contributed by atoms with Gasteiger partial charge in [0.25, 0.3) is 0 Å². The zero-order valence-corrected chi connectivity index (χ0v) is 14.8. The Kier molecular flexibility index (Phi) is 3.75. The third-order valence-corrected chi connectivity index (χ3v) is 6.38. The fraction of sp³-hybridized carbons (Fsp3) is 0.500. The lowest BCUT2D eigenvalue weighted by Gasteiger charge is -2.09. The normalized spacial score (nSPS) is 20.1. The molecule has 21 heavy (non-hydrogen) atoms. The lowest BCUT2D eigenvalue weighted by Crippen LogP contribution is -2.18. The van der Waals surface area contributed by atoms with Gasteiger partial charge in [0.1, 0.15) is 0 Å². The first kappa shape index (κ1) is 16.5. The maximum Gasteiger partial charge on any atom is 0.238 e. The Bertz CT molecular complexity index is 697. The largest absolute Gasteiger partial charge is 0.325 e. The summed E-state index contributed by atoms with van der Waals surface area (Å²) in [5, 5.41) is 7.91. The van der Waals surface area contributed by atoms with Crippen LogP contribution in [0.1, 0.15) is 27.7 Å². The smallest absolute Gasteiger partial charge is 0.238 e. The first-order chi connectivity index (χ1) is 9.39. The van der Waals surface area contributed by atoms with E-state index in [0.717, 1.165) is 0 Å². The van der Waals surface area contributed by atoms with Crippen LogP contribution >= 0.6 is 15.9 Å². The van der Waals surface area contributed by atoms with Crippen molar-refractivity contribution in [3.05, 3.63) is 22.7 Å². The van der Waals surface area contributed by atoms with Gasteiger partial charge in [-0.15, -0.1) is 0 Å². The van der Waals surface area contributed by atoms with Crippen LogP contribution in [0, 0.1) is 16.7 Å². The SMILES string of the molecule is CC1(C)C(C(=O)Nc2ccc(S(N)(=O)=O)cc2Br)C1(C)C. The Labute approximate surface area is 133 Å². The molecule has 1 aliphatic carbocycles. The summed E-state index contributed by atoms with van der Waals surface area (Å²) in [5.41, 5.74) is 0.430. The molecule has 7 heteroatoms. The Hall–Kier alpha value is -0.920. The molecule has 0 aliphatic heterocycles. The number of rotatable bonds is 3. The Morgan fingerprint density at radius 3 is 2.14 bits per heavy atom. The number of sulfonamides is 1. The van der Waals surface area contributed by atoms with Crippen molar-refractivity contribution >= 4 is 37.5 Å². The summed E-state index contributed by atoms with van der Waals surface area (Å²) in [6, 6.07) is 4.29. The number of hydrogen-bond acceptors (Lipinski definition) is 3. The highest BCUT2D eigenvalue weighted by atomic mass is 79.9. The van der Waals surface area contributed by atoms with Gasteiger partial charge >= 0.3 is 0 Å². The number of hydrogen-bond donors (Lipinski definition) is 2. The van der Waals surface area contributed by atoms with Gasteiger partial charge in [-0.1, -0.05) is 27.7 Å². The summed E-state index contributed by atoms with van der Waals surface area (Å²) in [6.45, 7) is 8.26. The van der Waals surface area contributed by atoms with Crippen molar-refractivity contribution in [1.82, 2.24) is 0 Å². The van der Waals surface area contributed by atoms with Gasteiger partial charge in [-0.2, -0.15) is 0 Å². The standard InChI is InChI=1S/C14H19BrN2O3S/c1-13(2)11(14(13,3)4)12(18)17-10-6-5-8(7-9(10)15)21(16,19)20/h5-7,11H,1-4H3,(H,17,18)(H2,16,19,20). The second kappa shape index (κ2) is 4.79. The van der Waals surface area contributed by atoms with Crippen molar-refractivity contribution in [2.45, 2.75) is 32.6 Å². The van der Waals surface area contributed by atoms with Crippen molar-refractivity contribution in [3.8, 4) is 0 Å². The number of halogens is 1. The fourth-order valence-corrected chi connectivity index (χ4v) is 4.00. The third kappa shape index (κ3) is 2.74. The van der Waals surface area contributed by atoms with E-state index < -0.39 is 10.0 Å².